The summed E-state index contributed by atoms with van der Waals surface area (Å²) < 4.78 is 6.36. The van der Waals surface area contributed by atoms with Crippen LogP contribution in [0.25, 0.3) is 0 Å². The zero-order valence-electron chi connectivity index (χ0n) is 11.9. The first kappa shape index (κ1) is 16.4. The Morgan fingerprint density at radius 1 is 1.16 bits per heavy atom. The van der Waals surface area contributed by atoms with Crippen molar-refractivity contribution in [2.75, 3.05) is 25.1 Å². The highest BCUT2D eigenvalue weighted by atomic mass is 79.9. The monoisotopic (exact) mass is 329 g/mol. The molecule has 0 fully saturated rings. The van der Waals surface area contributed by atoms with Gasteiger partial charge in [0.05, 0.1) is 0 Å². The number of ether oxygens (including phenoxy) is 1. The lowest BCUT2D eigenvalue weighted by atomic mass is 10.3. The van der Waals surface area contributed by atoms with Crippen LogP contribution in [0.2, 0.25) is 0 Å². The number of aromatic nitrogens is 2. The second-order valence-corrected chi connectivity index (χ2v) is 5.30. The van der Waals surface area contributed by atoms with Gasteiger partial charge in [-0.25, -0.2) is 9.97 Å². The van der Waals surface area contributed by atoms with Crippen LogP contribution < -0.4 is 5.32 Å². The van der Waals surface area contributed by atoms with E-state index in [1.807, 2.05) is 6.07 Å². The molecule has 0 aliphatic rings. The SMILES string of the molecule is CCCCOCCCNc1cc(Br)nc(CCC)n1. The van der Waals surface area contributed by atoms with Crippen LogP contribution in [0.4, 0.5) is 5.82 Å². The van der Waals surface area contributed by atoms with Crippen molar-refractivity contribution in [3.63, 3.8) is 0 Å². The molecule has 0 unspecified atom stereocenters. The largest absolute Gasteiger partial charge is 0.381 e. The van der Waals surface area contributed by atoms with Crippen molar-refractivity contribution in [1.29, 1.82) is 0 Å². The van der Waals surface area contributed by atoms with Crippen LogP contribution in [-0.4, -0.2) is 29.7 Å². The van der Waals surface area contributed by atoms with Gasteiger partial charge < -0.3 is 10.1 Å². The minimum atomic E-state index is 0.807. The fourth-order valence-electron chi connectivity index (χ4n) is 1.63. The van der Waals surface area contributed by atoms with E-state index >= 15 is 0 Å². The van der Waals surface area contributed by atoms with Gasteiger partial charge in [-0.05, 0) is 35.2 Å². The molecule has 0 spiro atoms. The highest BCUT2D eigenvalue weighted by Crippen LogP contribution is 2.13. The van der Waals surface area contributed by atoms with Crippen LogP contribution in [0, 0.1) is 0 Å². The van der Waals surface area contributed by atoms with E-state index in [1.54, 1.807) is 0 Å². The van der Waals surface area contributed by atoms with Gasteiger partial charge in [0.25, 0.3) is 0 Å². The number of hydrogen-bond donors (Lipinski definition) is 1. The predicted octanol–water partition coefficient (Wildman–Crippen LogP) is 3.81. The Kier molecular flexibility index (Phi) is 8.75. The molecule has 1 heterocycles. The highest BCUT2D eigenvalue weighted by molar-refractivity contribution is 9.10. The Hall–Kier alpha value is -0.680. The van der Waals surface area contributed by atoms with Crippen molar-refractivity contribution in [1.82, 2.24) is 9.97 Å². The number of nitrogens with one attached hydrogen (secondary N) is 1. The van der Waals surface area contributed by atoms with Gasteiger partial charge in [-0.1, -0.05) is 20.3 Å². The molecule has 0 aromatic carbocycles. The molecular weight excluding hydrogens is 306 g/mol. The van der Waals surface area contributed by atoms with Gasteiger partial charge in [-0.2, -0.15) is 0 Å². The van der Waals surface area contributed by atoms with Gasteiger partial charge in [0.1, 0.15) is 16.2 Å². The van der Waals surface area contributed by atoms with E-state index in [9.17, 15) is 0 Å². The van der Waals surface area contributed by atoms with Gasteiger partial charge >= 0.3 is 0 Å². The molecule has 0 atom stereocenters. The molecule has 19 heavy (non-hydrogen) atoms. The second kappa shape index (κ2) is 10.1. The van der Waals surface area contributed by atoms with Crippen molar-refractivity contribution in [2.24, 2.45) is 0 Å². The first-order valence-corrected chi connectivity index (χ1v) is 7.90. The fourth-order valence-corrected chi connectivity index (χ4v) is 2.05. The smallest absolute Gasteiger partial charge is 0.132 e. The second-order valence-electron chi connectivity index (χ2n) is 4.49. The van der Waals surface area contributed by atoms with Crippen molar-refractivity contribution in [3.05, 3.63) is 16.5 Å². The summed E-state index contributed by atoms with van der Waals surface area (Å²) in [7, 11) is 0. The first-order valence-electron chi connectivity index (χ1n) is 7.11. The molecule has 4 nitrogen and oxygen atoms in total. The van der Waals surface area contributed by atoms with Crippen LogP contribution in [0.1, 0.15) is 45.4 Å². The van der Waals surface area contributed by atoms with Gasteiger partial charge in [-0.15, -0.1) is 0 Å². The van der Waals surface area contributed by atoms with E-state index in [0.717, 1.165) is 61.7 Å². The Morgan fingerprint density at radius 3 is 2.68 bits per heavy atom. The Morgan fingerprint density at radius 2 is 1.95 bits per heavy atom. The van der Waals surface area contributed by atoms with Crippen LogP contribution in [0.3, 0.4) is 0 Å². The molecule has 0 bridgehead atoms. The van der Waals surface area contributed by atoms with Crippen LogP contribution in [0.5, 0.6) is 0 Å². The van der Waals surface area contributed by atoms with Crippen molar-refractivity contribution >= 4 is 21.7 Å². The van der Waals surface area contributed by atoms with Crippen LogP contribution in [-0.2, 0) is 11.2 Å². The minimum Gasteiger partial charge on any atom is -0.381 e. The summed E-state index contributed by atoms with van der Waals surface area (Å²) in [6.07, 6.45) is 5.30. The number of nitrogens with zero attached hydrogens (tertiary/aromatic N) is 2. The van der Waals surface area contributed by atoms with Crippen molar-refractivity contribution in [2.45, 2.75) is 46.0 Å². The Labute approximate surface area is 124 Å². The third kappa shape index (κ3) is 7.47. The molecule has 0 aliphatic heterocycles. The Bertz CT molecular complexity index is 361. The maximum absolute atomic E-state index is 5.52. The predicted molar refractivity (Wildman–Crippen MR) is 82.6 cm³/mol. The fraction of sp³-hybridized carbons (Fsp3) is 0.714. The van der Waals surface area contributed by atoms with Crippen molar-refractivity contribution in [3.8, 4) is 0 Å². The van der Waals surface area contributed by atoms with E-state index < -0.39 is 0 Å². The summed E-state index contributed by atoms with van der Waals surface area (Å²) in [5, 5.41) is 3.31. The molecule has 0 amide bonds. The molecule has 0 saturated carbocycles. The zero-order valence-corrected chi connectivity index (χ0v) is 13.5. The first-order chi connectivity index (χ1) is 9.26. The summed E-state index contributed by atoms with van der Waals surface area (Å²) in [5.41, 5.74) is 0. The van der Waals surface area contributed by atoms with Crippen molar-refractivity contribution < 1.29 is 4.74 Å². The van der Waals surface area contributed by atoms with E-state index in [1.165, 1.54) is 6.42 Å². The third-order valence-corrected chi connectivity index (χ3v) is 3.03. The molecule has 0 aliphatic carbocycles. The molecule has 0 saturated heterocycles. The summed E-state index contributed by atoms with van der Waals surface area (Å²) in [5.74, 6) is 1.78. The van der Waals surface area contributed by atoms with Gasteiger partial charge in [0.15, 0.2) is 0 Å². The van der Waals surface area contributed by atoms with Crippen LogP contribution >= 0.6 is 15.9 Å². The number of aryl methyl sites for hydroxylation is 1. The topological polar surface area (TPSA) is 47.0 Å². The summed E-state index contributed by atoms with van der Waals surface area (Å²) in [6, 6.07) is 1.91. The molecule has 1 aromatic rings. The molecular formula is C14H24BrN3O. The number of rotatable bonds is 10. The number of halogens is 1. The maximum Gasteiger partial charge on any atom is 0.132 e. The average Bonchev–Trinajstić information content (AvgIpc) is 2.37. The lowest BCUT2D eigenvalue weighted by molar-refractivity contribution is 0.131. The molecule has 1 N–H and O–H groups in total. The molecule has 5 heteroatoms. The van der Waals surface area contributed by atoms with E-state index in [4.69, 9.17) is 4.74 Å². The van der Waals surface area contributed by atoms with Gasteiger partial charge in [-0.3, -0.25) is 0 Å². The Balaban J connectivity index is 2.25. The summed E-state index contributed by atoms with van der Waals surface area (Å²) >= 11 is 3.42. The molecule has 0 radical (unpaired) electrons. The minimum absolute atomic E-state index is 0.807. The average molecular weight is 330 g/mol. The molecule has 1 rings (SSSR count). The molecule has 1 aromatic heterocycles. The number of anilines is 1. The normalized spacial score (nSPS) is 10.7. The summed E-state index contributed by atoms with van der Waals surface area (Å²) in [4.78, 5) is 8.82. The van der Waals surface area contributed by atoms with Gasteiger partial charge in [0, 0.05) is 32.2 Å². The lowest BCUT2D eigenvalue weighted by Crippen LogP contribution is -2.09. The highest BCUT2D eigenvalue weighted by Gasteiger charge is 2.01. The van der Waals surface area contributed by atoms with E-state index in [2.05, 4.69) is 45.1 Å². The summed E-state index contributed by atoms with van der Waals surface area (Å²) in [6.45, 7) is 6.86. The quantitative estimate of drug-likeness (QED) is 0.523. The standard InChI is InChI=1S/C14H24BrN3O/c1-3-5-9-19-10-6-8-16-14-11-12(15)17-13(18-14)7-4-2/h11H,3-10H2,1-2H3,(H,16,17,18). The lowest BCUT2D eigenvalue weighted by Gasteiger charge is -2.08. The maximum atomic E-state index is 5.52. The number of unbranched alkanes of at least 4 members (excludes halogenated alkanes) is 1. The van der Waals surface area contributed by atoms with E-state index in [-0.39, 0.29) is 0 Å². The third-order valence-electron chi connectivity index (χ3n) is 2.63. The van der Waals surface area contributed by atoms with Crippen LogP contribution in [0.15, 0.2) is 10.7 Å². The number of hydrogen-bond acceptors (Lipinski definition) is 4. The van der Waals surface area contributed by atoms with E-state index in [0.29, 0.717) is 0 Å². The molecule has 108 valence electrons. The zero-order chi connectivity index (χ0) is 13.9. The van der Waals surface area contributed by atoms with Gasteiger partial charge in [0.2, 0.25) is 0 Å².